The van der Waals surface area contributed by atoms with Gasteiger partial charge < -0.3 is 9.71 Å². The van der Waals surface area contributed by atoms with Crippen LogP contribution >= 0.6 is 0 Å². The zero-order chi connectivity index (χ0) is 17.1. The summed E-state index contributed by atoms with van der Waals surface area (Å²) in [5, 5.41) is 6.30. The Hall–Kier alpha value is -2.01. The molecular formula is C19H23BN4. The minimum Gasteiger partial charge on any atom is -0.352 e. The lowest BCUT2D eigenvalue weighted by molar-refractivity contribution is -0.0226. The highest BCUT2D eigenvalue weighted by molar-refractivity contribution is 6.05. The summed E-state index contributed by atoms with van der Waals surface area (Å²) in [6.07, 6.45) is 6.25. The van der Waals surface area contributed by atoms with Crippen LogP contribution in [0.3, 0.4) is 0 Å². The van der Waals surface area contributed by atoms with Crippen molar-refractivity contribution in [2.75, 3.05) is 25.0 Å². The van der Waals surface area contributed by atoms with Crippen LogP contribution in [0.15, 0.2) is 36.6 Å². The SMILES string of the molecule is [B]N1CC2(CC(N(C=C)c3ccc(C)c4c3C=NN(C)C4=C)C2)C1. The van der Waals surface area contributed by atoms with E-state index in [0.29, 0.717) is 11.5 Å². The molecule has 0 atom stereocenters. The molecule has 2 fully saturated rings. The number of fused-ring (bicyclic) bond motifs is 1. The van der Waals surface area contributed by atoms with Gasteiger partial charge in [0.2, 0.25) is 0 Å². The van der Waals surface area contributed by atoms with Crippen LogP contribution in [0.2, 0.25) is 0 Å². The third kappa shape index (κ3) is 2.14. The van der Waals surface area contributed by atoms with E-state index in [2.05, 4.69) is 42.2 Å². The predicted molar refractivity (Wildman–Crippen MR) is 101 cm³/mol. The lowest BCUT2D eigenvalue weighted by Gasteiger charge is -2.61. The highest BCUT2D eigenvalue weighted by atomic mass is 15.4. The van der Waals surface area contributed by atoms with Gasteiger partial charge in [-0.2, -0.15) is 5.10 Å². The third-order valence-corrected chi connectivity index (χ3v) is 5.75. The molecule has 2 radical (unpaired) electrons. The van der Waals surface area contributed by atoms with Gasteiger partial charge in [0.05, 0.1) is 17.6 Å². The standard InChI is InChI=1S/C19H23BN4/c1-5-24(15-8-19(9-15)11-23(20)12-19)17-7-6-13(2)18-14(3)22(4)21-10-16(17)18/h5-7,10,15H,1,3,8-9,11-12H2,2,4H3. The van der Waals surface area contributed by atoms with Crippen molar-refractivity contribution >= 4 is 25.6 Å². The minimum absolute atomic E-state index is 0.434. The molecule has 24 heavy (non-hydrogen) atoms. The van der Waals surface area contributed by atoms with Crippen molar-refractivity contribution in [2.24, 2.45) is 10.5 Å². The van der Waals surface area contributed by atoms with E-state index in [1.807, 2.05) is 29.3 Å². The van der Waals surface area contributed by atoms with Crippen molar-refractivity contribution in [1.29, 1.82) is 0 Å². The summed E-state index contributed by atoms with van der Waals surface area (Å²) in [4.78, 5) is 4.22. The first-order valence-corrected chi connectivity index (χ1v) is 8.45. The normalized spacial score (nSPS) is 22.1. The fraction of sp³-hybridized carbons (Fsp3) is 0.421. The van der Waals surface area contributed by atoms with E-state index in [-0.39, 0.29) is 0 Å². The number of aryl methyl sites for hydroxylation is 1. The number of benzene rings is 1. The first-order valence-electron chi connectivity index (χ1n) is 8.45. The van der Waals surface area contributed by atoms with E-state index in [0.717, 1.165) is 24.4 Å². The van der Waals surface area contributed by atoms with Gasteiger partial charge in [-0.25, -0.2) is 0 Å². The van der Waals surface area contributed by atoms with Crippen molar-refractivity contribution in [3.8, 4) is 0 Å². The van der Waals surface area contributed by atoms with Crippen molar-refractivity contribution in [3.05, 3.63) is 48.2 Å². The molecule has 2 heterocycles. The highest BCUT2D eigenvalue weighted by Gasteiger charge is 2.52. The Morgan fingerprint density at radius 1 is 1.38 bits per heavy atom. The topological polar surface area (TPSA) is 22.1 Å². The minimum atomic E-state index is 0.434. The van der Waals surface area contributed by atoms with Gasteiger partial charge in [0.1, 0.15) is 0 Å². The summed E-state index contributed by atoms with van der Waals surface area (Å²) in [6, 6.07) is 4.84. The molecule has 5 heteroatoms. The van der Waals surface area contributed by atoms with Gasteiger partial charge in [-0.05, 0) is 56.1 Å². The predicted octanol–water partition coefficient (Wildman–Crippen LogP) is 2.74. The Balaban J connectivity index is 1.66. The van der Waals surface area contributed by atoms with Crippen LogP contribution in [0.1, 0.15) is 29.5 Å². The number of hydrogen-bond acceptors (Lipinski definition) is 4. The molecule has 3 aliphatic rings. The number of hydrazone groups is 1. The molecule has 1 aromatic rings. The smallest absolute Gasteiger partial charge is 0.182 e. The fourth-order valence-corrected chi connectivity index (χ4v) is 4.49. The van der Waals surface area contributed by atoms with E-state index in [4.69, 9.17) is 7.98 Å². The molecule has 1 saturated heterocycles. The quantitative estimate of drug-likeness (QED) is 0.800. The average molecular weight is 318 g/mol. The number of hydrogen-bond donors (Lipinski definition) is 0. The molecule has 1 saturated carbocycles. The van der Waals surface area contributed by atoms with E-state index in [1.165, 1.54) is 29.7 Å². The summed E-state index contributed by atoms with van der Waals surface area (Å²) in [7, 11) is 7.77. The largest absolute Gasteiger partial charge is 0.352 e. The first kappa shape index (κ1) is 15.5. The Labute approximate surface area is 145 Å². The van der Waals surface area contributed by atoms with E-state index in [9.17, 15) is 0 Å². The second kappa shape index (κ2) is 5.25. The third-order valence-electron chi connectivity index (χ3n) is 5.75. The first-order chi connectivity index (χ1) is 11.4. The summed E-state index contributed by atoms with van der Waals surface area (Å²) in [5.41, 5.74) is 6.11. The van der Waals surface area contributed by atoms with Crippen molar-refractivity contribution in [2.45, 2.75) is 25.8 Å². The monoisotopic (exact) mass is 318 g/mol. The van der Waals surface area contributed by atoms with Gasteiger partial charge in [-0.1, -0.05) is 19.2 Å². The van der Waals surface area contributed by atoms with Gasteiger partial charge in [0.25, 0.3) is 0 Å². The van der Waals surface area contributed by atoms with Gasteiger partial charge >= 0.3 is 0 Å². The van der Waals surface area contributed by atoms with Gasteiger partial charge in [-0.3, -0.25) is 5.01 Å². The van der Waals surface area contributed by atoms with Gasteiger partial charge in [0.15, 0.2) is 7.98 Å². The molecule has 1 aromatic carbocycles. The second-order valence-electron chi connectivity index (χ2n) is 7.46. The van der Waals surface area contributed by atoms with E-state index >= 15 is 0 Å². The molecule has 4 rings (SSSR count). The van der Waals surface area contributed by atoms with Crippen molar-refractivity contribution < 1.29 is 0 Å². The molecule has 0 aromatic heterocycles. The highest BCUT2D eigenvalue weighted by Crippen LogP contribution is 2.51. The maximum Gasteiger partial charge on any atom is 0.182 e. The number of rotatable bonds is 3. The lowest BCUT2D eigenvalue weighted by atomic mass is 9.59. The van der Waals surface area contributed by atoms with Crippen LogP contribution in [-0.4, -0.2) is 50.2 Å². The van der Waals surface area contributed by atoms with Crippen molar-refractivity contribution in [1.82, 2.24) is 9.82 Å². The van der Waals surface area contributed by atoms with Crippen molar-refractivity contribution in [3.63, 3.8) is 0 Å². The molecular weight excluding hydrogens is 295 g/mol. The zero-order valence-corrected chi connectivity index (χ0v) is 14.5. The molecule has 2 aliphatic heterocycles. The van der Waals surface area contributed by atoms with Crippen LogP contribution in [0.25, 0.3) is 5.70 Å². The summed E-state index contributed by atoms with van der Waals surface area (Å²) in [6.45, 7) is 12.4. The number of nitrogens with zero attached hydrogens (tertiary/aromatic N) is 4. The van der Waals surface area contributed by atoms with Crippen LogP contribution < -0.4 is 4.90 Å². The second-order valence-corrected chi connectivity index (χ2v) is 7.46. The van der Waals surface area contributed by atoms with Crippen LogP contribution in [0, 0.1) is 12.3 Å². The summed E-state index contributed by atoms with van der Waals surface area (Å²) in [5.74, 6) is 0. The maximum absolute atomic E-state index is 5.83. The van der Waals surface area contributed by atoms with Crippen LogP contribution in [0.5, 0.6) is 0 Å². The molecule has 122 valence electrons. The fourth-order valence-electron chi connectivity index (χ4n) is 4.49. The number of anilines is 1. The lowest BCUT2D eigenvalue weighted by Crippen LogP contribution is -2.65. The Morgan fingerprint density at radius 2 is 2.08 bits per heavy atom. The maximum atomic E-state index is 5.83. The van der Waals surface area contributed by atoms with E-state index in [1.54, 1.807) is 0 Å². The Kier molecular flexibility index (Phi) is 3.39. The molecule has 0 bridgehead atoms. The molecule has 0 N–H and O–H groups in total. The molecule has 4 nitrogen and oxygen atoms in total. The van der Waals surface area contributed by atoms with Gasteiger partial charge in [-0.15, -0.1) is 0 Å². The summed E-state index contributed by atoms with van der Waals surface area (Å²) >= 11 is 0. The molecule has 1 spiro atoms. The Morgan fingerprint density at radius 3 is 2.71 bits per heavy atom. The molecule has 1 aliphatic carbocycles. The van der Waals surface area contributed by atoms with Crippen LogP contribution in [-0.2, 0) is 0 Å². The summed E-state index contributed by atoms with van der Waals surface area (Å²) < 4.78 is 0. The van der Waals surface area contributed by atoms with Crippen LogP contribution in [0.4, 0.5) is 5.69 Å². The van der Waals surface area contributed by atoms with E-state index < -0.39 is 0 Å². The van der Waals surface area contributed by atoms with Gasteiger partial charge in [0, 0.05) is 24.2 Å². The Bertz CT molecular complexity index is 740. The molecule has 0 amide bonds. The zero-order valence-electron chi connectivity index (χ0n) is 14.5. The average Bonchev–Trinajstić information content (AvgIpc) is 2.49. The molecule has 0 unspecified atom stereocenters.